The van der Waals surface area contributed by atoms with Gasteiger partial charge in [-0.1, -0.05) is 7.43 Å². The second-order valence-corrected chi connectivity index (χ2v) is 2.54. The molecule has 0 aliphatic rings. The molecule has 0 aromatic carbocycles. The molecule has 0 saturated carbocycles. The van der Waals surface area contributed by atoms with E-state index in [1.165, 1.54) is 6.33 Å². The van der Waals surface area contributed by atoms with Crippen LogP contribution in [-0.2, 0) is 7.05 Å². The number of aromatic amines is 1. The first-order valence-corrected chi connectivity index (χ1v) is 3.82. The van der Waals surface area contributed by atoms with E-state index in [-0.39, 0.29) is 7.43 Å². The summed E-state index contributed by atoms with van der Waals surface area (Å²) in [5, 5.41) is 10.1. The van der Waals surface area contributed by atoms with Crippen molar-refractivity contribution >= 4 is 0 Å². The lowest BCUT2D eigenvalue weighted by atomic mass is 10.8. The van der Waals surface area contributed by atoms with Crippen LogP contribution in [-0.4, -0.2) is 29.9 Å². The zero-order valence-electron chi connectivity index (χ0n) is 7.89. The molecule has 0 aliphatic heterocycles. The molecule has 0 spiro atoms. The molecule has 0 saturated heterocycles. The molecule has 0 amide bonds. The monoisotopic (exact) mass is 196 g/mol. The fourth-order valence-corrected chi connectivity index (χ4v) is 0.714. The maximum absolute atomic E-state index is 3.92. The van der Waals surface area contributed by atoms with Crippen LogP contribution < -0.4 is 0 Å². The highest BCUT2D eigenvalue weighted by molar-refractivity contribution is 4.72. The van der Waals surface area contributed by atoms with Gasteiger partial charge in [0.25, 0.3) is 0 Å². The summed E-state index contributed by atoms with van der Waals surface area (Å²) in [5.41, 5.74) is 0. The van der Waals surface area contributed by atoms with Crippen LogP contribution in [0.4, 0.5) is 0 Å². The molecule has 6 heteroatoms. The molecular formula is C8H16N6. The number of hydrogen-bond donors (Lipinski definition) is 1. The van der Waals surface area contributed by atoms with Gasteiger partial charge in [-0.25, -0.2) is 9.97 Å². The molecule has 0 atom stereocenters. The molecule has 14 heavy (non-hydrogen) atoms. The maximum atomic E-state index is 3.92. The van der Waals surface area contributed by atoms with Gasteiger partial charge in [-0.3, -0.25) is 9.78 Å². The number of nitrogens with zero attached hydrogens (tertiary/aromatic N) is 5. The number of hydrogen-bond acceptors (Lipinski definition) is 4. The minimum absolute atomic E-state index is 0. The summed E-state index contributed by atoms with van der Waals surface area (Å²) in [6.07, 6.45) is 3.16. The van der Waals surface area contributed by atoms with Crippen LogP contribution in [0.1, 0.15) is 19.1 Å². The Labute approximate surface area is 83.4 Å². The van der Waals surface area contributed by atoms with Crippen molar-refractivity contribution in [3.05, 3.63) is 24.3 Å². The highest BCUT2D eigenvalue weighted by atomic mass is 15.3. The normalized spacial score (nSPS) is 8.50. The van der Waals surface area contributed by atoms with Crippen LogP contribution >= 0.6 is 0 Å². The summed E-state index contributed by atoms with van der Waals surface area (Å²) in [4.78, 5) is 7.62. The average Bonchev–Trinajstić information content (AvgIpc) is 2.64. The quantitative estimate of drug-likeness (QED) is 0.678. The second kappa shape index (κ2) is 5.85. The van der Waals surface area contributed by atoms with Gasteiger partial charge >= 0.3 is 0 Å². The van der Waals surface area contributed by atoms with Gasteiger partial charge < -0.3 is 0 Å². The van der Waals surface area contributed by atoms with Crippen LogP contribution in [0.3, 0.4) is 0 Å². The third-order valence-electron chi connectivity index (χ3n) is 1.25. The highest BCUT2D eigenvalue weighted by Gasteiger charge is 1.83. The van der Waals surface area contributed by atoms with Crippen molar-refractivity contribution in [3.8, 4) is 0 Å². The molecule has 0 aliphatic carbocycles. The van der Waals surface area contributed by atoms with E-state index in [9.17, 15) is 0 Å². The molecular weight excluding hydrogens is 180 g/mol. The average molecular weight is 196 g/mol. The lowest BCUT2D eigenvalue weighted by molar-refractivity contribution is 0.756. The lowest BCUT2D eigenvalue weighted by Crippen LogP contribution is -1.86. The summed E-state index contributed by atoms with van der Waals surface area (Å²) < 4.78 is 1.68. The first-order valence-electron chi connectivity index (χ1n) is 3.82. The Bertz CT molecular complexity index is 320. The Morgan fingerprint density at radius 3 is 2.14 bits per heavy atom. The molecule has 78 valence electrons. The summed E-state index contributed by atoms with van der Waals surface area (Å²) >= 11 is 0. The predicted molar refractivity (Wildman–Crippen MR) is 53.6 cm³/mol. The van der Waals surface area contributed by atoms with Crippen molar-refractivity contribution in [2.24, 2.45) is 7.05 Å². The van der Waals surface area contributed by atoms with Gasteiger partial charge in [-0.2, -0.15) is 10.2 Å². The van der Waals surface area contributed by atoms with Gasteiger partial charge in [0.15, 0.2) is 0 Å². The minimum Gasteiger partial charge on any atom is -0.264 e. The Kier molecular flexibility index (Phi) is 5.13. The first kappa shape index (κ1) is 12.3. The summed E-state index contributed by atoms with van der Waals surface area (Å²) in [6.45, 7) is 3.72. The van der Waals surface area contributed by atoms with E-state index in [0.717, 1.165) is 11.6 Å². The Balaban J connectivity index is 0.000000227. The van der Waals surface area contributed by atoms with Crippen LogP contribution in [0.5, 0.6) is 0 Å². The van der Waals surface area contributed by atoms with Crippen molar-refractivity contribution in [2.75, 3.05) is 0 Å². The van der Waals surface area contributed by atoms with Gasteiger partial charge in [-0.15, -0.1) is 0 Å². The highest BCUT2D eigenvalue weighted by Crippen LogP contribution is 1.79. The van der Waals surface area contributed by atoms with E-state index in [2.05, 4.69) is 25.3 Å². The predicted octanol–water partition coefficient (Wildman–Crippen LogP) is 0.873. The van der Waals surface area contributed by atoms with E-state index in [1.807, 2.05) is 20.9 Å². The Hall–Kier alpha value is -1.72. The molecule has 2 heterocycles. The first-order chi connectivity index (χ1) is 6.18. The molecule has 6 nitrogen and oxygen atoms in total. The van der Waals surface area contributed by atoms with Crippen molar-refractivity contribution in [2.45, 2.75) is 21.3 Å². The van der Waals surface area contributed by atoms with E-state index in [0.29, 0.717) is 0 Å². The smallest absolute Gasteiger partial charge is 0.147 e. The van der Waals surface area contributed by atoms with Crippen LogP contribution in [0.15, 0.2) is 12.7 Å². The second-order valence-electron chi connectivity index (χ2n) is 2.54. The minimum atomic E-state index is 0. The van der Waals surface area contributed by atoms with E-state index >= 15 is 0 Å². The third-order valence-corrected chi connectivity index (χ3v) is 1.25. The molecule has 2 aromatic heterocycles. The maximum Gasteiger partial charge on any atom is 0.147 e. The zero-order chi connectivity index (χ0) is 9.68. The van der Waals surface area contributed by atoms with Gasteiger partial charge in [0.1, 0.15) is 24.3 Å². The largest absolute Gasteiger partial charge is 0.264 e. The van der Waals surface area contributed by atoms with E-state index < -0.39 is 0 Å². The summed E-state index contributed by atoms with van der Waals surface area (Å²) in [7, 11) is 1.85. The fourth-order valence-electron chi connectivity index (χ4n) is 0.714. The van der Waals surface area contributed by atoms with Gasteiger partial charge in [0.05, 0.1) is 0 Å². The van der Waals surface area contributed by atoms with Gasteiger partial charge in [0, 0.05) is 7.05 Å². The topological polar surface area (TPSA) is 72.3 Å². The number of aromatic nitrogens is 6. The summed E-state index contributed by atoms with van der Waals surface area (Å²) in [5.74, 6) is 1.68. The van der Waals surface area contributed by atoms with Crippen molar-refractivity contribution in [3.63, 3.8) is 0 Å². The van der Waals surface area contributed by atoms with Crippen LogP contribution in [0, 0.1) is 13.8 Å². The lowest BCUT2D eigenvalue weighted by Gasteiger charge is -1.76. The number of H-pyrrole nitrogens is 1. The molecule has 2 aromatic rings. The molecule has 0 fully saturated rings. The van der Waals surface area contributed by atoms with Crippen LogP contribution in [0.2, 0.25) is 0 Å². The van der Waals surface area contributed by atoms with Crippen molar-refractivity contribution in [1.82, 2.24) is 29.9 Å². The molecule has 2 rings (SSSR count). The van der Waals surface area contributed by atoms with Crippen molar-refractivity contribution in [1.29, 1.82) is 0 Å². The van der Waals surface area contributed by atoms with Gasteiger partial charge in [0.2, 0.25) is 0 Å². The number of aryl methyl sites for hydroxylation is 3. The van der Waals surface area contributed by atoms with E-state index in [1.54, 1.807) is 11.0 Å². The molecule has 0 radical (unpaired) electrons. The molecule has 1 N–H and O–H groups in total. The summed E-state index contributed by atoms with van der Waals surface area (Å²) in [6, 6.07) is 0. The molecule has 0 unspecified atom stereocenters. The third kappa shape index (κ3) is 4.34. The molecule has 0 bridgehead atoms. The Morgan fingerprint density at radius 2 is 2.00 bits per heavy atom. The Morgan fingerprint density at radius 1 is 1.29 bits per heavy atom. The van der Waals surface area contributed by atoms with Gasteiger partial charge in [-0.05, 0) is 13.8 Å². The number of rotatable bonds is 0. The van der Waals surface area contributed by atoms with Crippen molar-refractivity contribution < 1.29 is 0 Å². The standard InChI is InChI=1S/C4H7N3.C3H5N3.CH4/c1-4-5-3-7(2)6-4;1-3-4-2-5-6-3;/h3H,1-2H3;2H,1H3,(H,4,5,6);1H4. The zero-order valence-corrected chi connectivity index (χ0v) is 7.89. The van der Waals surface area contributed by atoms with Crippen LogP contribution in [0.25, 0.3) is 0 Å². The fraction of sp³-hybridized carbons (Fsp3) is 0.500. The SMILES string of the molecule is C.Cc1ncn(C)n1.Cc1ncn[nH]1. The van der Waals surface area contributed by atoms with E-state index in [4.69, 9.17) is 0 Å². The number of nitrogens with one attached hydrogen (secondary N) is 1.